The lowest BCUT2D eigenvalue weighted by atomic mass is 9.86. The van der Waals surface area contributed by atoms with Crippen molar-refractivity contribution in [2.75, 3.05) is 13.7 Å². The Morgan fingerprint density at radius 1 is 0.972 bits per heavy atom. The molecule has 0 bridgehead atoms. The van der Waals surface area contributed by atoms with Gasteiger partial charge in [-0.3, -0.25) is 9.59 Å². The Balaban J connectivity index is 1.93. The monoisotopic (exact) mass is 526 g/mol. The summed E-state index contributed by atoms with van der Waals surface area (Å²) in [4.78, 5) is 28.2. The second-order valence-electron chi connectivity index (χ2n) is 9.61. The molecule has 0 spiro atoms. The zero-order valence-corrected chi connectivity index (χ0v) is 22.6. The van der Waals surface area contributed by atoms with Gasteiger partial charge in [0.05, 0.1) is 0 Å². The van der Waals surface area contributed by atoms with E-state index in [9.17, 15) is 9.59 Å². The van der Waals surface area contributed by atoms with Crippen LogP contribution in [0.3, 0.4) is 0 Å². The van der Waals surface area contributed by atoms with Gasteiger partial charge in [0.2, 0.25) is 5.91 Å². The number of carbonyl (C=O) groups excluding carboxylic acids is 2. The van der Waals surface area contributed by atoms with Gasteiger partial charge in [0.1, 0.15) is 11.8 Å². The molecule has 3 rings (SSSR count). The number of hydrogen-bond acceptors (Lipinski definition) is 3. The molecule has 0 fully saturated rings. The minimum absolute atomic E-state index is 0.129. The summed E-state index contributed by atoms with van der Waals surface area (Å²) in [6, 6.07) is 21.6. The molecule has 3 aromatic rings. The smallest absolute Gasteiger partial charge is 0.261 e. The molecular formula is C29H32Cl2N2O3. The molecule has 0 aliphatic heterocycles. The van der Waals surface area contributed by atoms with Crippen molar-refractivity contribution >= 4 is 35.0 Å². The van der Waals surface area contributed by atoms with Gasteiger partial charge in [-0.25, -0.2) is 0 Å². The predicted molar refractivity (Wildman–Crippen MR) is 146 cm³/mol. The van der Waals surface area contributed by atoms with Crippen LogP contribution in [0.2, 0.25) is 10.0 Å². The van der Waals surface area contributed by atoms with Crippen LogP contribution in [-0.2, 0) is 28.0 Å². The van der Waals surface area contributed by atoms with Crippen LogP contribution >= 0.6 is 23.2 Å². The summed E-state index contributed by atoms with van der Waals surface area (Å²) in [7, 11) is 1.56. The fraction of sp³-hybridized carbons (Fsp3) is 0.310. The highest BCUT2D eigenvalue weighted by Gasteiger charge is 2.31. The molecule has 36 heavy (non-hydrogen) atoms. The van der Waals surface area contributed by atoms with Crippen molar-refractivity contribution in [3.05, 3.63) is 99.5 Å². The lowest BCUT2D eigenvalue weighted by Crippen LogP contribution is -2.51. The van der Waals surface area contributed by atoms with Gasteiger partial charge in [-0.2, -0.15) is 0 Å². The SMILES string of the molecule is CNC(=O)[C@@H](Cc1ccccc1)N(Cc1ccc(Cl)cc1Cl)C(=O)COc1ccccc1C(C)(C)C. The lowest BCUT2D eigenvalue weighted by molar-refractivity contribution is -0.142. The number of rotatable bonds is 9. The maximum absolute atomic E-state index is 13.7. The van der Waals surface area contributed by atoms with E-state index in [0.717, 1.165) is 11.1 Å². The van der Waals surface area contributed by atoms with Crippen molar-refractivity contribution in [1.29, 1.82) is 0 Å². The molecule has 0 saturated heterocycles. The van der Waals surface area contributed by atoms with Crippen molar-refractivity contribution < 1.29 is 14.3 Å². The van der Waals surface area contributed by atoms with Gasteiger partial charge in [0, 0.05) is 30.1 Å². The molecule has 190 valence electrons. The predicted octanol–water partition coefficient (Wildman–Crippen LogP) is 6.06. The van der Waals surface area contributed by atoms with Crippen LogP contribution in [0, 0.1) is 0 Å². The summed E-state index contributed by atoms with van der Waals surface area (Å²) >= 11 is 12.5. The molecule has 0 aliphatic carbocycles. The number of amides is 2. The van der Waals surface area contributed by atoms with E-state index in [1.165, 1.54) is 4.90 Å². The van der Waals surface area contributed by atoms with E-state index < -0.39 is 6.04 Å². The zero-order chi connectivity index (χ0) is 26.3. The molecular weight excluding hydrogens is 495 g/mol. The van der Waals surface area contributed by atoms with Crippen LogP contribution in [0.1, 0.15) is 37.5 Å². The van der Waals surface area contributed by atoms with Crippen LogP contribution in [0.25, 0.3) is 0 Å². The van der Waals surface area contributed by atoms with E-state index >= 15 is 0 Å². The van der Waals surface area contributed by atoms with E-state index in [4.69, 9.17) is 27.9 Å². The Hall–Kier alpha value is -3.02. The molecule has 0 heterocycles. The van der Waals surface area contributed by atoms with E-state index in [2.05, 4.69) is 26.1 Å². The molecule has 0 unspecified atom stereocenters. The first kappa shape index (κ1) is 27.6. The maximum Gasteiger partial charge on any atom is 0.261 e. The minimum Gasteiger partial charge on any atom is -0.483 e. The molecule has 1 atom stereocenters. The highest BCUT2D eigenvalue weighted by molar-refractivity contribution is 6.35. The van der Waals surface area contributed by atoms with E-state index in [1.54, 1.807) is 25.2 Å². The second kappa shape index (κ2) is 12.3. The summed E-state index contributed by atoms with van der Waals surface area (Å²) in [5, 5.41) is 3.63. The van der Waals surface area contributed by atoms with Crippen molar-refractivity contribution in [2.24, 2.45) is 0 Å². The van der Waals surface area contributed by atoms with E-state index in [1.807, 2.05) is 54.6 Å². The summed E-state index contributed by atoms with van der Waals surface area (Å²) in [5.74, 6) is 0.0454. The van der Waals surface area contributed by atoms with Crippen LogP contribution in [0.4, 0.5) is 0 Å². The Morgan fingerprint density at radius 3 is 2.28 bits per heavy atom. The molecule has 1 N–H and O–H groups in total. The quantitative estimate of drug-likeness (QED) is 0.368. The number of halogens is 2. The highest BCUT2D eigenvalue weighted by Crippen LogP contribution is 2.31. The van der Waals surface area contributed by atoms with Gasteiger partial charge in [-0.15, -0.1) is 0 Å². The number of nitrogens with one attached hydrogen (secondary N) is 1. The van der Waals surface area contributed by atoms with Crippen LogP contribution < -0.4 is 10.1 Å². The fourth-order valence-corrected chi connectivity index (χ4v) is 4.46. The largest absolute Gasteiger partial charge is 0.483 e. The summed E-state index contributed by atoms with van der Waals surface area (Å²) in [5.41, 5.74) is 2.46. The first-order valence-electron chi connectivity index (χ1n) is 11.8. The Bertz CT molecular complexity index is 1190. The molecule has 0 aliphatic rings. The maximum atomic E-state index is 13.7. The van der Waals surface area contributed by atoms with Crippen LogP contribution in [0.15, 0.2) is 72.8 Å². The fourth-order valence-electron chi connectivity index (χ4n) is 3.99. The Kier molecular flexibility index (Phi) is 9.41. The highest BCUT2D eigenvalue weighted by atomic mass is 35.5. The third-order valence-corrected chi connectivity index (χ3v) is 6.51. The number of nitrogens with zero attached hydrogens (tertiary/aromatic N) is 1. The van der Waals surface area contributed by atoms with Crippen LogP contribution in [0.5, 0.6) is 5.75 Å². The average Bonchev–Trinajstić information content (AvgIpc) is 2.85. The third kappa shape index (κ3) is 7.25. The summed E-state index contributed by atoms with van der Waals surface area (Å²) in [6.07, 6.45) is 0.343. The molecule has 5 nitrogen and oxygen atoms in total. The van der Waals surface area contributed by atoms with Crippen molar-refractivity contribution in [3.8, 4) is 5.75 Å². The van der Waals surface area contributed by atoms with Crippen molar-refractivity contribution in [2.45, 2.75) is 45.2 Å². The topological polar surface area (TPSA) is 58.6 Å². The first-order chi connectivity index (χ1) is 17.1. The number of benzene rings is 3. The lowest BCUT2D eigenvalue weighted by Gasteiger charge is -2.31. The van der Waals surface area contributed by atoms with E-state index in [0.29, 0.717) is 27.8 Å². The number of para-hydroxylation sites is 1. The van der Waals surface area contributed by atoms with E-state index in [-0.39, 0.29) is 30.4 Å². The standard InChI is InChI=1S/C29H32Cl2N2O3/c1-29(2,3)23-12-8-9-13-26(23)36-19-27(34)33(18-21-14-15-22(30)17-24(21)31)25(28(35)32-4)16-20-10-6-5-7-11-20/h5-15,17,25H,16,18-19H2,1-4H3,(H,32,35)/t25-/m1/s1. The molecule has 0 aromatic heterocycles. The summed E-state index contributed by atoms with van der Waals surface area (Å²) in [6.45, 7) is 6.18. The number of hydrogen-bond donors (Lipinski definition) is 1. The minimum atomic E-state index is -0.766. The average molecular weight is 527 g/mol. The normalized spacial score (nSPS) is 12.1. The number of carbonyl (C=O) groups is 2. The third-order valence-electron chi connectivity index (χ3n) is 5.92. The van der Waals surface area contributed by atoms with Gasteiger partial charge >= 0.3 is 0 Å². The number of ether oxygens (including phenoxy) is 1. The van der Waals surface area contributed by atoms with Gasteiger partial charge in [0.25, 0.3) is 5.91 Å². The zero-order valence-electron chi connectivity index (χ0n) is 21.1. The van der Waals surface area contributed by atoms with Crippen molar-refractivity contribution in [1.82, 2.24) is 10.2 Å². The second-order valence-corrected chi connectivity index (χ2v) is 10.5. The Labute approximate surface area is 223 Å². The molecule has 3 aromatic carbocycles. The van der Waals surface area contributed by atoms with Gasteiger partial charge in [-0.05, 0) is 40.3 Å². The first-order valence-corrected chi connectivity index (χ1v) is 12.6. The molecule has 7 heteroatoms. The van der Waals surface area contributed by atoms with Gasteiger partial charge < -0.3 is 15.0 Å². The van der Waals surface area contributed by atoms with Crippen molar-refractivity contribution in [3.63, 3.8) is 0 Å². The molecule has 2 amide bonds. The Morgan fingerprint density at radius 2 is 1.64 bits per heavy atom. The summed E-state index contributed by atoms with van der Waals surface area (Å²) < 4.78 is 6.03. The van der Waals surface area contributed by atoms with Crippen LogP contribution in [-0.4, -0.2) is 36.4 Å². The van der Waals surface area contributed by atoms with Gasteiger partial charge in [-0.1, -0.05) is 98.6 Å². The molecule has 0 radical (unpaired) electrons. The molecule has 0 saturated carbocycles. The number of likely N-dealkylation sites (N-methyl/N-ethyl adjacent to an activating group) is 1. The van der Waals surface area contributed by atoms with Gasteiger partial charge in [0.15, 0.2) is 6.61 Å².